The summed E-state index contributed by atoms with van der Waals surface area (Å²) in [6.45, 7) is 2.02. The Morgan fingerprint density at radius 2 is 2.00 bits per heavy atom. The van der Waals surface area contributed by atoms with E-state index in [1.807, 2.05) is 25.1 Å². The van der Waals surface area contributed by atoms with E-state index < -0.39 is 0 Å². The summed E-state index contributed by atoms with van der Waals surface area (Å²) in [6, 6.07) is 5.96. The molecule has 0 saturated heterocycles. The number of nitrogens with two attached hydrogens (primary N) is 1. The molecule has 0 atom stereocenters. The summed E-state index contributed by atoms with van der Waals surface area (Å²) in [5.74, 6) is 0.481. The third-order valence-corrected chi connectivity index (χ3v) is 1.73. The molecule has 13 heavy (non-hydrogen) atoms. The Hall–Kier alpha value is -0.930. The highest BCUT2D eigenvalue weighted by molar-refractivity contribution is 5.85. The van der Waals surface area contributed by atoms with Gasteiger partial charge in [-0.25, -0.2) is 4.98 Å². The van der Waals surface area contributed by atoms with Gasteiger partial charge in [-0.05, 0) is 18.6 Å². The zero-order chi connectivity index (χ0) is 7.84. The number of para-hydroxylation sites is 1. The standard InChI is InChI=1S/C8H9N3.2ClH/c1-5-3-2-4-6-7(5)11-8(9)10-6;;/h2-4H,1H3,(H3,9,10,11);2*1H. The molecule has 0 spiro atoms. The maximum absolute atomic E-state index is 5.49. The van der Waals surface area contributed by atoms with Gasteiger partial charge < -0.3 is 10.7 Å². The van der Waals surface area contributed by atoms with Crippen LogP contribution in [0.15, 0.2) is 18.2 Å². The van der Waals surface area contributed by atoms with Crippen LogP contribution in [0.5, 0.6) is 0 Å². The van der Waals surface area contributed by atoms with Gasteiger partial charge >= 0.3 is 0 Å². The Kier molecular flexibility index (Phi) is 4.04. The molecular formula is C8H11Cl2N3. The molecule has 0 amide bonds. The van der Waals surface area contributed by atoms with Crippen LogP contribution < -0.4 is 5.73 Å². The minimum Gasteiger partial charge on any atom is -0.369 e. The van der Waals surface area contributed by atoms with Crippen molar-refractivity contribution in [3.63, 3.8) is 0 Å². The van der Waals surface area contributed by atoms with E-state index in [4.69, 9.17) is 5.73 Å². The number of aromatic nitrogens is 2. The van der Waals surface area contributed by atoms with Crippen molar-refractivity contribution >= 4 is 41.8 Å². The van der Waals surface area contributed by atoms with E-state index in [0.29, 0.717) is 5.95 Å². The molecule has 0 radical (unpaired) electrons. The van der Waals surface area contributed by atoms with Gasteiger partial charge in [0.25, 0.3) is 0 Å². The lowest BCUT2D eigenvalue weighted by Gasteiger charge is -1.90. The van der Waals surface area contributed by atoms with Crippen molar-refractivity contribution < 1.29 is 0 Å². The second-order valence-electron chi connectivity index (χ2n) is 2.59. The van der Waals surface area contributed by atoms with Crippen LogP contribution in [0.25, 0.3) is 11.0 Å². The Balaban J connectivity index is 0.000000720. The molecular weight excluding hydrogens is 209 g/mol. The predicted molar refractivity (Wildman–Crippen MR) is 59.7 cm³/mol. The summed E-state index contributed by atoms with van der Waals surface area (Å²) < 4.78 is 0. The minimum atomic E-state index is 0. The molecule has 2 rings (SSSR count). The fourth-order valence-corrected chi connectivity index (χ4v) is 1.19. The molecule has 0 aliphatic carbocycles. The number of halogens is 2. The highest BCUT2D eigenvalue weighted by Gasteiger charge is 1.99. The van der Waals surface area contributed by atoms with Crippen molar-refractivity contribution in [2.45, 2.75) is 6.92 Å². The first kappa shape index (κ1) is 12.1. The molecule has 0 fully saturated rings. The SMILES string of the molecule is Cc1cccc2[nH]c(N)nc12.Cl.Cl. The van der Waals surface area contributed by atoms with Crippen molar-refractivity contribution in [3.05, 3.63) is 23.8 Å². The average Bonchev–Trinajstić information content (AvgIpc) is 2.31. The van der Waals surface area contributed by atoms with Gasteiger partial charge in [-0.2, -0.15) is 0 Å². The van der Waals surface area contributed by atoms with Gasteiger partial charge in [0.15, 0.2) is 5.95 Å². The summed E-state index contributed by atoms with van der Waals surface area (Å²) in [5.41, 5.74) is 8.61. The van der Waals surface area contributed by atoms with Crippen LogP contribution >= 0.6 is 24.8 Å². The topological polar surface area (TPSA) is 54.7 Å². The number of nitrogens with zero attached hydrogens (tertiary/aromatic N) is 1. The largest absolute Gasteiger partial charge is 0.369 e. The second kappa shape index (κ2) is 4.35. The Labute approximate surface area is 88.6 Å². The van der Waals surface area contributed by atoms with Crippen LogP contribution in [0, 0.1) is 6.92 Å². The number of aryl methyl sites for hydroxylation is 1. The molecule has 1 aromatic carbocycles. The fourth-order valence-electron chi connectivity index (χ4n) is 1.19. The highest BCUT2D eigenvalue weighted by atomic mass is 35.5. The van der Waals surface area contributed by atoms with E-state index in [2.05, 4.69) is 9.97 Å². The van der Waals surface area contributed by atoms with Crippen LogP contribution in [0.2, 0.25) is 0 Å². The van der Waals surface area contributed by atoms with Crippen LogP contribution in [0.1, 0.15) is 5.56 Å². The molecule has 2 aromatic rings. The number of anilines is 1. The molecule has 3 nitrogen and oxygen atoms in total. The second-order valence-corrected chi connectivity index (χ2v) is 2.59. The van der Waals surface area contributed by atoms with Gasteiger partial charge in [-0.3, -0.25) is 0 Å². The summed E-state index contributed by atoms with van der Waals surface area (Å²) in [6.07, 6.45) is 0. The number of aromatic amines is 1. The van der Waals surface area contributed by atoms with Gasteiger partial charge in [0, 0.05) is 0 Å². The van der Waals surface area contributed by atoms with E-state index in [-0.39, 0.29) is 24.8 Å². The third kappa shape index (κ3) is 2.05. The normalized spacial score (nSPS) is 9.00. The van der Waals surface area contributed by atoms with Crippen LogP contribution in [-0.2, 0) is 0 Å². The predicted octanol–water partition coefficient (Wildman–Crippen LogP) is 2.30. The molecule has 0 bridgehead atoms. The molecule has 3 N–H and O–H groups in total. The number of nitrogens with one attached hydrogen (secondary N) is 1. The van der Waals surface area contributed by atoms with Crippen LogP contribution in [-0.4, -0.2) is 9.97 Å². The number of hydrogen-bond donors (Lipinski definition) is 2. The Morgan fingerprint density at radius 1 is 1.31 bits per heavy atom. The van der Waals surface area contributed by atoms with E-state index in [1.54, 1.807) is 0 Å². The number of benzene rings is 1. The first-order chi connectivity index (χ1) is 5.27. The van der Waals surface area contributed by atoms with Crippen molar-refractivity contribution in [2.24, 2.45) is 0 Å². The van der Waals surface area contributed by atoms with Crippen molar-refractivity contribution in [1.29, 1.82) is 0 Å². The first-order valence-electron chi connectivity index (χ1n) is 3.48. The smallest absolute Gasteiger partial charge is 0.198 e. The monoisotopic (exact) mass is 219 g/mol. The maximum Gasteiger partial charge on any atom is 0.198 e. The van der Waals surface area contributed by atoms with Crippen molar-refractivity contribution in [3.8, 4) is 0 Å². The molecule has 1 aromatic heterocycles. The minimum absolute atomic E-state index is 0. The lowest BCUT2D eigenvalue weighted by molar-refractivity contribution is 1.35. The first-order valence-corrected chi connectivity index (χ1v) is 3.48. The van der Waals surface area contributed by atoms with Crippen LogP contribution in [0.3, 0.4) is 0 Å². The number of rotatable bonds is 0. The summed E-state index contributed by atoms with van der Waals surface area (Å²) >= 11 is 0. The molecule has 72 valence electrons. The van der Waals surface area contributed by atoms with Crippen molar-refractivity contribution in [1.82, 2.24) is 9.97 Å². The molecule has 5 heteroatoms. The highest BCUT2D eigenvalue weighted by Crippen LogP contribution is 2.15. The fraction of sp³-hybridized carbons (Fsp3) is 0.125. The molecule has 0 aliphatic rings. The van der Waals surface area contributed by atoms with Crippen LogP contribution in [0.4, 0.5) is 5.95 Å². The third-order valence-electron chi connectivity index (χ3n) is 1.73. The number of hydrogen-bond acceptors (Lipinski definition) is 2. The molecule has 0 aliphatic heterocycles. The van der Waals surface area contributed by atoms with Gasteiger partial charge in [-0.1, -0.05) is 12.1 Å². The molecule has 1 heterocycles. The van der Waals surface area contributed by atoms with E-state index in [9.17, 15) is 0 Å². The number of fused-ring (bicyclic) bond motifs is 1. The van der Waals surface area contributed by atoms with Gasteiger partial charge in [0.2, 0.25) is 0 Å². The zero-order valence-corrected chi connectivity index (χ0v) is 8.71. The van der Waals surface area contributed by atoms with E-state index in [0.717, 1.165) is 16.6 Å². The average molecular weight is 220 g/mol. The molecule has 0 saturated carbocycles. The Morgan fingerprint density at radius 3 is 2.62 bits per heavy atom. The van der Waals surface area contributed by atoms with E-state index >= 15 is 0 Å². The number of H-pyrrole nitrogens is 1. The van der Waals surface area contributed by atoms with Gasteiger partial charge in [-0.15, -0.1) is 24.8 Å². The zero-order valence-electron chi connectivity index (χ0n) is 7.07. The number of nitrogen functional groups attached to an aromatic ring is 1. The summed E-state index contributed by atoms with van der Waals surface area (Å²) in [7, 11) is 0. The quantitative estimate of drug-likeness (QED) is 0.715. The van der Waals surface area contributed by atoms with E-state index in [1.165, 1.54) is 0 Å². The van der Waals surface area contributed by atoms with Gasteiger partial charge in [0.05, 0.1) is 11.0 Å². The summed E-state index contributed by atoms with van der Waals surface area (Å²) in [5, 5.41) is 0. The molecule has 0 unspecified atom stereocenters. The Bertz CT molecular complexity index is 397. The lowest BCUT2D eigenvalue weighted by atomic mass is 10.2. The van der Waals surface area contributed by atoms with Crippen molar-refractivity contribution in [2.75, 3.05) is 5.73 Å². The maximum atomic E-state index is 5.49. The van der Waals surface area contributed by atoms with Gasteiger partial charge in [0.1, 0.15) is 0 Å². The lowest BCUT2D eigenvalue weighted by Crippen LogP contribution is -1.84. The summed E-state index contributed by atoms with van der Waals surface area (Å²) in [4.78, 5) is 7.10. The number of imidazole rings is 1.